The van der Waals surface area contributed by atoms with Gasteiger partial charge in [-0.3, -0.25) is 0 Å². The second kappa shape index (κ2) is 5.48. The van der Waals surface area contributed by atoms with Crippen molar-refractivity contribution in [2.24, 2.45) is 5.92 Å². The third kappa shape index (κ3) is 3.46. The van der Waals surface area contributed by atoms with Crippen LogP contribution in [0.1, 0.15) is 13.3 Å². The minimum atomic E-state index is -3.51. The molecule has 1 aliphatic rings. The highest BCUT2D eigenvalue weighted by Gasteiger charge is 2.28. The molecule has 0 bridgehead atoms. The van der Waals surface area contributed by atoms with E-state index >= 15 is 0 Å². The number of rotatable bonds is 3. The molecular formula is C13H20N2O3S. The van der Waals surface area contributed by atoms with Gasteiger partial charge >= 0.3 is 0 Å². The van der Waals surface area contributed by atoms with Crippen molar-refractivity contribution in [3.05, 3.63) is 24.3 Å². The second-order valence-corrected chi connectivity index (χ2v) is 6.96. The Morgan fingerprint density at radius 1 is 1.32 bits per heavy atom. The third-order valence-electron chi connectivity index (χ3n) is 3.56. The molecule has 1 fully saturated rings. The van der Waals surface area contributed by atoms with Crippen molar-refractivity contribution in [1.29, 1.82) is 0 Å². The summed E-state index contributed by atoms with van der Waals surface area (Å²) in [4.78, 5) is 2.40. The summed E-state index contributed by atoms with van der Waals surface area (Å²) in [6, 6.07) is 5.56. The Labute approximate surface area is 114 Å². The van der Waals surface area contributed by atoms with Gasteiger partial charge in [0.05, 0.1) is 4.90 Å². The SMILES string of the molecule is CC1CN(C)CCC1NS(=O)(=O)c1ccc(O)cc1. The molecule has 19 heavy (non-hydrogen) atoms. The fourth-order valence-electron chi connectivity index (χ4n) is 2.42. The second-order valence-electron chi connectivity index (χ2n) is 5.25. The van der Waals surface area contributed by atoms with E-state index < -0.39 is 10.0 Å². The average Bonchev–Trinajstić information content (AvgIpc) is 2.33. The van der Waals surface area contributed by atoms with Crippen molar-refractivity contribution in [3.8, 4) is 5.75 Å². The van der Waals surface area contributed by atoms with Crippen molar-refractivity contribution in [2.45, 2.75) is 24.3 Å². The van der Waals surface area contributed by atoms with Gasteiger partial charge in [0.1, 0.15) is 5.75 Å². The number of hydrogen-bond donors (Lipinski definition) is 2. The van der Waals surface area contributed by atoms with Crippen LogP contribution in [-0.2, 0) is 10.0 Å². The number of piperidine rings is 1. The number of phenols is 1. The molecule has 2 N–H and O–H groups in total. The Morgan fingerprint density at radius 2 is 1.95 bits per heavy atom. The monoisotopic (exact) mass is 284 g/mol. The van der Waals surface area contributed by atoms with Crippen LogP contribution >= 0.6 is 0 Å². The molecule has 106 valence electrons. The first kappa shape index (κ1) is 14.3. The molecule has 5 nitrogen and oxygen atoms in total. The van der Waals surface area contributed by atoms with Gasteiger partial charge in [-0.2, -0.15) is 0 Å². The van der Waals surface area contributed by atoms with E-state index in [4.69, 9.17) is 0 Å². The Balaban J connectivity index is 2.11. The van der Waals surface area contributed by atoms with Crippen molar-refractivity contribution in [2.75, 3.05) is 20.1 Å². The van der Waals surface area contributed by atoms with Crippen LogP contribution in [0.3, 0.4) is 0 Å². The molecule has 0 aliphatic carbocycles. The van der Waals surface area contributed by atoms with Gasteiger partial charge in [-0.15, -0.1) is 0 Å². The normalized spacial score (nSPS) is 25.4. The zero-order valence-electron chi connectivity index (χ0n) is 11.2. The van der Waals surface area contributed by atoms with Gasteiger partial charge in [0.2, 0.25) is 10.0 Å². The topological polar surface area (TPSA) is 69.6 Å². The molecule has 0 saturated carbocycles. The van der Waals surface area contributed by atoms with Gasteiger partial charge in [0.15, 0.2) is 0 Å². The fourth-order valence-corrected chi connectivity index (χ4v) is 3.80. The predicted octanol–water partition coefficient (Wildman–Crippen LogP) is 1.01. The number of benzene rings is 1. The minimum Gasteiger partial charge on any atom is -0.508 e. The molecule has 1 aromatic carbocycles. The molecule has 6 heteroatoms. The predicted molar refractivity (Wildman–Crippen MR) is 73.5 cm³/mol. The van der Waals surface area contributed by atoms with Gasteiger partial charge in [-0.05, 0) is 50.2 Å². The van der Waals surface area contributed by atoms with Gasteiger partial charge in [0, 0.05) is 12.6 Å². The van der Waals surface area contributed by atoms with E-state index in [2.05, 4.69) is 16.5 Å². The number of phenolic OH excluding ortho intramolecular Hbond substituents is 1. The van der Waals surface area contributed by atoms with Crippen molar-refractivity contribution in [3.63, 3.8) is 0 Å². The molecule has 2 unspecified atom stereocenters. The van der Waals surface area contributed by atoms with E-state index in [1.54, 1.807) is 0 Å². The summed E-state index contributed by atoms with van der Waals surface area (Å²) in [5.41, 5.74) is 0. The maximum absolute atomic E-state index is 12.2. The molecule has 2 atom stereocenters. The largest absolute Gasteiger partial charge is 0.508 e. The van der Waals surface area contributed by atoms with Crippen molar-refractivity contribution < 1.29 is 13.5 Å². The maximum Gasteiger partial charge on any atom is 0.240 e. The molecule has 0 spiro atoms. The number of sulfonamides is 1. The zero-order chi connectivity index (χ0) is 14.0. The number of likely N-dealkylation sites (tertiary alicyclic amines) is 1. The molecule has 0 radical (unpaired) electrons. The van der Waals surface area contributed by atoms with Crippen LogP contribution in [-0.4, -0.2) is 44.6 Å². The number of nitrogens with zero attached hydrogens (tertiary/aromatic N) is 1. The number of aromatic hydroxyl groups is 1. The highest BCUT2D eigenvalue weighted by Crippen LogP contribution is 2.19. The Bertz CT molecular complexity index is 527. The first-order chi connectivity index (χ1) is 8.88. The standard InChI is InChI=1S/C13H20N2O3S/c1-10-9-15(2)8-7-13(10)14-19(17,18)12-5-3-11(16)4-6-12/h3-6,10,13-14,16H,7-9H2,1-2H3. The van der Waals surface area contributed by atoms with Crippen LogP contribution in [0.4, 0.5) is 0 Å². The van der Waals surface area contributed by atoms with E-state index in [0.29, 0.717) is 0 Å². The van der Waals surface area contributed by atoms with Crippen LogP contribution in [0, 0.1) is 5.92 Å². The number of hydrogen-bond acceptors (Lipinski definition) is 4. The average molecular weight is 284 g/mol. The first-order valence-corrected chi connectivity index (χ1v) is 7.87. The highest BCUT2D eigenvalue weighted by atomic mass is 32.2. The van der Waals surface area contributed by atoms with Crippen molar-refractivity contribution in [1.82, 2.24) is 9.62 Å². The lowest BCUT2D eigenvalue weighted by Crippen LogP contribution is -2.48. The molecule has 2 rings (SSSR count). The Hall–Kier alpha value is -1.11. The molecule has 1 saturated heterocycles. The molecule has 0 amide bonds. The Kier molecular flexibility index (Phi) is 4.13. The Morgan fingerprint density at radius 3 is 2.53 bits per heavy atom. The quantitative estimate of drug-likeness (QED) is 0.869. The van der Waals surface area contributed by atoms with Crippen LogP contribution in [0.5, 0.6) is 5.75 Å². The summed E-state index contributed by atoms with van der Waals surface area (Å²) in [5, 5.41) is 9.19. The van der Waals surface area contributed by atoms with Crippen molar-refractivity contribution >= 4 is 10.0 Å². The summed E-state index contributed by atoms with van der Waals surface area (Å²) in [6.45, 7) is 3.84. The van der Waals surface area contributed by atoms with Gasteiger partial charge in [-0.1, -0.05) is 6.92 Å². The molecule has 0 aromatic heterocycles. The lowest BCUT2D eigenvalue weighted by atomic mass is 9.95. The zero-order valence-corrected chi connectivity index (χ0v) is 12.0. The molecule has 1 heterocycles. The van der Waals surface area contributed by atoms with Gasteiger partial charge in [-0.25, -0.2) is 13.1 Å². The van der Waals surface area contributed by atoms with E-state index in [1.165, 1.54) is 24.3 Å². The van der Waals surface area contributed by atoms with Crippen LogP contribution < -0.4 is 4.72 Å². The lowest BCUT2D eigenvalue weighted by molar-refractivity contribution is 0.188. The van der Waals surface area contributed by atoms with Gasteiger partial charge in [0.25, 0.3) is 0 Å². The van der Waals surface area contributed by atoms with E-state index in [0.717, 1.165) is 19.5 Å². The fraction of sp³-hybridized carbons (Fsp3) is 0.538. The van der Waals surface area contributed by atoms with E-state index in [-0.39, 0.29) is 22.6 Å². The molecule has 1 aromatic rings. The van der Waals surface area contributed by atoms with Gasteiger partial charge < -0.3 is 10.0 Å². The van der Waals surface area contributed by atoms with E-state index in [9.17, 15) is 13.5 Å². The van der Waals surface area contributed by atoms with Crippen LogP contribution in [0.2, 0.25) is 0 Å². The molecular weight excluding hydrogens is 264 g/mol. The smallest absolute Gasteiger partial charge is 0.240 e. The van der Waals surface area contributed by atoms with Crippen LogP contribution in [0.15, 0.2) is 29.2 Å². The minimum absolute atomic E-state index is 0.0324. The number of nitrogens with one attached hydrogen (secondary N) is 1. The maximum atomic E-state index is 12.2. The summed E-state index contributed by atoms with van der Waals surface area (Å²) in [6.07, 6.45) is 0.814. The molecule has 1 aliphatic heterocycles. The van der Waals surface area contributed by atoms with Crippen LogP contribution in [0.25, 0.3) is 0 Å². The first-order valence-electron chi connectivity index (χ1n) is 6.38. The summed E-state index contributed by atoms with van der Waals surface area (Å²) in [7, 11) is -1.46. The highest BCUT2D eigenvalue weighted by molar-refractivity contribution is 7.89. The summed E-state index contributed by atoms with van der Waals surface area (Å²) in [5.74, 6) is 0.345. The van der Waals surface area contributed by atoms with E-state index in [1.807, 2.05) is 7.05 Å². The summed E-state index contributed by atoms with van der Waals surface area (Å²) < 4.78 is 27.2. The summed E-state index contributed by atoms with van der Waals surface area (Å²) >= 11 is 0. The lowest BCUT2D eigenvalue weighted by Gasteiger charge is -2.34. The third-order valence-corrected chi connectivity index (χ3v) is 5.07.